The largest absolute Gasteiger partial charge is 0.477 e. The number of nitrogens with two attached hydrogens (primary N) is 1. The molecule has 0 radical (unpaired) electrons. The number of hydrogen-bond donors (Lipinski definition) is 4. The molecule has 5 heterocycles. The van der Waals surface area contributed by atoms with Gasteiger partial charge in [-0.3, -0.25) is 24.2 Å². The van der Waals surface area contributed by atoms with Crippen LogP contribution in [-0.2, 0) is 19.2 Å². The number of allylic oxidation sites excluding steroid dienone is 1. The second-order valence-electron chi connectivity index (χ2n) is 7.98. The highest BCUT2D eigenvalue weighted by Gasteiger charge is 2.54. The predicted octanol–water partition coefficient (Wildman–Crippen LogP) is -0.204. The Morgan fingerprint density at radius 2 is 2.03 bits per heavy atom. The molecule has 3 amide bonds. The van der Waals surface area contributed by atoms with Crippen molar-refractivity contribution in [3.63, 3.8) is 0 Å². The van der Waals surface area contributed by atoms with Crippen molar-refractivity contribution in [3.05, 3.63) is 52.5 Å². The highest BCUT2D eigenvalue weighted by atomic mass is 32.2. The summed E-state index contributed by atoms with van der Waals surface area (Å²) >= 11 is 2.28. The van der Waals surface area contributed by atoms with Crippen molar-refractivity contribution in [2.24, 2.45) is 5.16 Å². The number of oxime groups is 1. The molecule has 14 nitrogen and oxygen atoms in total. The number of nitrogens with one attached hydrogen (secondary N) is 1. The summed E-state index contributed by atoms with van der Waals surface area (Å²) in [5.74, 6) is -2.74. The van der Waals surface area contributed by atoms with Crippen LogP contribution in [0, 0.1) is 0 Å². The van der Waals surface area contributed by atoms with E-state index < -0.39 is 34.9 Å². The number of hydrogen-bond acceptors (Lipinski definition) is 12. The van der Waals surface area contributed by atoms with E-state index in [0.29, 0.717) is 24.1 Å². The van der Waals surface area contributed by atoms with E-state index >= 15 is 0 Å². The first-order valence-electron chi connectivity index (χ1n) is 10.7. The van der Waals surface area contributed by atoms with Gasteiger partial charge < -0.3 is 21.4 Å². The molecule has 190 valence electrons. The zero-order chi connectivity index (χ0) is 26.3. The third kappa shape index (κ3) is 4.29. The molecule has 0 saturated carbocycles. The molecule has 0 aromatic carbocycles. The molecule has 16 heteroatoms. The molecule has 5 N–H and O–H groups in total. The highest BCUT2D eigenvalue weighted by molar-refractivity contribution is 8.00. The summed E-state index contributed by atoms with van der Waals surface area (Å²) in [7, 11) is 0. The first kappa shape index (κ1) is 24.4. The lowest BCUT2D eigenvalue weighted by molar-refractivity contribution is -0.150. The fourth-order valence-electron chi connectivity index (χ4n) is 4.15. The summed E-state index contributed by atoms with van der Waals surface area (Å²) in [6.07, 6.45) is 4.90. The predicted molar refractivity (Wildman–Crippen MR) is 132 cm³/mol. The molecular formula is C21H18N8O6S2. The maximum Gasteiger partial charge on any atom is 0.352 e. The number of nitrogen functional groups attached to an aromatic ring is 1. The molecule has 2 fully saturated rings. The molecule has 0 aliphatic carbocycles. The van der Waals surface area contributed by atoms with E-state index in [2.05, 4.69) is 25.4 Å². The summed E-state index contributed by atoms with van der Waals surface area (Å²) in [4.78, 5) is 65.2. The molecule has 2 aromatic heterocycles. The molecule has 0 unspecified atom stereocenters. The number of rotatable bonds is 6. The van der Waals surface area contributed by atoms with Crippen molar-refractivity contribution in [3.8, 4) is 0 Å². The SMILES string of the molecule is Nc1nc(/C(=N/O)C(=O)N[C@@H]2C(=O)N3C(C(=O)O)=C(/C=C4\CCN(c5ncccn5)C4=O)CS[C@H]23)cs1. The van der Waals surface area contributed by atoms with Crippen LogP contribution >= 0.6 is 23.1 Å². The van der Waals surface area contributed by atoms with Gasteiger partial charge in [-0.05, 0) is 24.1 Å². The Hall–Kier alpha value is -4.31. The first-order valence-corrected chi connectivity index (χ1v) is 12.7. The van der Waals surface area contributed by atoms with E-state index in [1.165, 1.54) is 40.5 Å². The lowest BCUT2D eigenvalue weighted by Crippen LogP contribution is -2.71. The zero-order valence-corrected chi connectivity index (χ0v) is 20.4. The third-order valence-corrected chi connectivity index (χ3v) is 7.81. The standard InChI is InChI=1S/C21H18N8O6S2/c22-20-25-11(8-37-20)12(27-35)15(30)26-13-17(32)29-14(19(33)34)10(7-36-18(13)29)6-9-2-5-28(16(9)31)21-23-3-1-4-24-21/h1,3-4,6,8,13,18,35H,2,5,7H2,(H2,22,25)(H,26,30)(H,33,34)/b9-6+,27-12-/t13-,18-/m1/s1. The molecule has 3 aliphatic heterocycles. The van der Waals surface area contributed by atoms with E-state index in [9.17, 15) is 29.5 Å². The van der Waals surface area contributed by atoms with Crippen molar-refractivity contribution < 1.29 is 29.5 Å². The van der Waals surface area contributed by atoms with Gasteiger partial charge in [0.05, 0.1) is 0 Å². The Labute approximate surface area is 216 Å². The normalized spacial score (nSPS) is 22.8. The third-order valence-electron chi connectivity index (χ3n) is 5.83. The van der Waals surface area contributed by atoms with E-state index in [0.717, 1.165) is 16.2 Å². The van der Waals surface area contributed by atoms with Crippen molar-refractivity contribution >= 4 is 63.6 Å². The zero-order valence-electron chi connectivity index (χ0n) is 18.8. The summed E-state index contributed by atoms with van der Waals surface area (Å²) in [6, 6.07) is 0.583. The van der Waals surface area contributed by atoms with E-state index in [4.69, 9.17) is 5.73 Å². The van der Waals surface area contributed by atoms with Crippen molar-refractivity contribution in [1.29, 1.82) is 0 Å². The van der Waals surface area contributed by atoms with Gasteiger partial charge in [-0.15, -0.1) is 23.1 Å². The minimum absolute atomic E-state index is 0.0404. The van der Waals surface area contributed by atoms with Crippen LogP contribution < -0.4 is 16.0 Å². The van der Waals surface area contributed by atoms with Crippen molar-refractivity contribution in [1.82, 2.24) is 25.2 Å². The Kier molecular flexibility index (Phi) is 6.34. The Morgan fingerprint density at radius 1 is 1.27 bits per heavy atom. The smallest absolute Gasteiger partial charge is 0.352 e. The lowest BCUT2D eigenvalue weighted by atomic mass is 10.0. The summed E-state index contributed by atoms with van der Waals surface area (Å²) in [6.45, 7) is 0.344. The molecule has 0 spiro atoms. The maximum atomic E-state index is 12.9. The number of β-lactam (4-membered cyclic amide) rings is 1. The molecule has 0 bridgehead atoms. The molecule has 2 saturated heterocycles. The number of aromatic nitrogens is 3. The van der Waals surface area contributed by atoms with Crippen LogP contribution in [0.3, 0.4) is 0 Å². The number of amides is 3. The van der Waals surface area contributed by atoms with Crippen LogP contribution in [0.5, 0.6) is 0 Å². The van der Waals surface area contributed by atoms with Crippen LogP contribution in [0.2, 0.25) is 0 Å². The average molecular weight is 543 g/mol. The highest BCUT2D eigenvalue weighted by Crippen LogP contribution is 2.41. The van der Waals surface area contributed by atoms with Gasteiger partial charge in [0, 0.05) is 35.6 Å². The lowest BCUT2D eigenvalue weighted by Gasteiger charge is -2.49. The van der Waals surface area contributed by atoms with Crippen LogP contribution in [0.15, 0.2) is 51.9 Å². The van der Waals surface area contributed by atoms with Gasteiger partial charge in [0.2, 0.25) is 5.95 Å². The quantitative estimate of drug-likeness (QED) is 0.124. The maximum absolute atomic E-state index is 12.9. The summed E-state index contributed by atoms with van der Waals surface area (Å²) in [5.41, 5.74) is 5.61. The number of thiazole rings is 1. The molecule has 5 rings (SSSR count). The van der Waals surface area contributed by atoms with E-state index in [1.54, 1.807) is 6.07 Å². The molecular weight excluding hydrogens is 524 g/mol. The van der Waals surface area contributed by atoms with Crippen LogP contribution in [-0.4, -0.2) is 83.3 Å². The van der Waals surface area contributed by atoms with Gasteiger partial charge in [-0.25, -0.2) is 19.7 Å². The number of nitrogens with zero attached hydrogens (tertiary/aromatic N) is 6. The fourth-order valence-corrected chi connectivity index (χ4v) is 6.01. The van der Waals surface area contributed by atoms with Gasteiger partial charge in [0.15, 0.2) is 10.8 Å². The second-order valence-corrected chi connectivity index (χ2v) is 9.98. The molecule has 2 atom stereocenters. The van der Waals surface area contributed by atoms with E-state index in [1.807, 2.05) is 0 Å². The van der Waals surface area contributed by atoms with Gasteiger partial charge in [-0.1, -0.05) is 5.16 Å². The van der Waals surface area contributed by atoms with Crippen LogP contribution in [0.1, 0.15) is 12.1 Å². The van der Waals surface area contributed by atoms with E-state index in [-0.39, 0.29) is 34.1 Å². The number of aliphatic carboxylic acids is 1. The average Bonchev–Trinajstić information content (AvgIpc) is 3.48. The van der Waals surface area contributed by atoms with Crippen LogP contribution in [0.25, 0.3) is 0 Å². The van der Waals surface area contributed by atoms with Crippen molar-refractivity contribution in [2.75, 3.05) is 22.9 Å². The first-order chi connectivity index (χ1) is 17.8. The number of carboxylic acids is 1. The number of carbonyl (C=O) groups is 4. The Morgan fingerprint density at radius 3 is 2.68 bits per heavy atom. The van der Waals surface area contributed by atoms with Crippen molar-refractivity contribution in [2.45, 2.75) is 17.8 Å². The number of fused-ring (bicyclic) bond motifs is 1. The number of carboxylic acid groups (broad SMARTS) is 1. The summed E-state index contributed by atoms with van der Waals surface area (Å²) in [5, 5.41) is 25.5. The molecule has 3 aliphatic rings. The van der Waals surface area contributed by atoms with Gasteiger partial charge in [-0.2, -0.15) is 0 Å². The molecule has 37 heavy (non-hydrogen) atoms. The topological polar surface area (TPSA) is 204 Å². The minimum atomic E-state index is -1.33. The van der Waals surface area contributed by atoms with Gasteiger partial charge in [0.25, 0.3) is 17.7 Å². The number of anilines is 2. The summed E-state index contributed by atoms with van der Waals surface area (Å²) < 4.78 is 0. The van der Waals surface area contributed by atoms with Crippen LogP contribution in [0.4, 0.5) is 11.1 Å². The second kappa shape index (κ2) is 9.62. The van der Waals surface area contributed by atoms with Gasteiger partial charge in [0.1, 0.15) is 22.8 Å². The number of thioether (sulfide) groups is 1. The Bertz CT molecular complexity index is 1400. The minimum Gasteiger partial charge on any atom is -0.477 e. The molecule has 2 aromatic rings. The number of carbonyl (C=O) groups excluding carboxylic acids is 3. The monoisotopic (exact) mass is 542 g/mol. The van der Waals surface area contributed by atoms with Gasteiger partial charge >= 0.3 is 5.97 Å². The Balaban J connectivity index is 1.35. The fraction of sp³-hybridized carbons (Fsp3) is 0.238.